The summed E-state index contributed by atoms with van der Waals surface area (Å²) in [6, 6.07) is 0. The average Bonchev–Trinajstić information content (AvgIpc) is 2.46. The molecule has 0 saturated carbocycles. The molecule has 0 aromatic heterocycles. The highest BCUT2D eigenvalue weighted by molar-refractivity contribution is 5.75. The van der Waals surface area contributed by atoms with Crippen LogP contribution in [0.15, 0.2) is 34.9 Å². The highest BCUT2D eigenvalue weighted by Crippen LogP contribution is 2.15. The molecule has 0 aliphatic heterocycles. The lowest BCUT2D eigenvalue weighted by atomic mass is 10.0. The number of hydrogen-bond donors (Lipinski definition) is 0. The molecule has 0 bridgehead atoms. The van der Waals surface area contributed by atoms with Crippen molar-refractivity contribution in [1.82, 2.24) is 0 Å². The summed E-state index contributed by atoms with van der Waals surface area (Å²) in [4.78, 5) is 10.9. The fraction of sp³-hybridized carbons (Fsp3) is 0.696. The van der Waals surface area contributed by atoms with E-state index in [1.165, 1.54) is 43.3 Å². The van der Waals surface area contributed by atoms with Crippen LogP contribution in [-0.2, 0) is 4.79 Å². The predicted octanol–water partition coefficient (Wildman–Crippen LogP) is 7.58. The summed E-state index contributed by atoms with van der Waals surface area (Å²) >= 11 is 0. The first-order chi connectivity index (χ1) is 11.3. The third-order valence-corrected chi connectivity index (χ3v) is 4.40. The Balaban J connectivity index is 3.92. The minimum Gasteiger partial charge on any atom is -0.300 e. The van der Waals surface area contributed by atoms with E-state index in [0.717, 1.165) is 25.2 Å². The van der Waals surface area contributed by atoms with Gasteiger partial charge in [0.25, 0.3) is 0 Å². The van der Waals surface area contributed by atoms with Gasteiger partial charge in [0.05, 0.1) is 0 Å². The number of rotatable bonds is 13. The van der Waals surface area contributed by atoms with Crippen LogP contribution >= 0.6 is 0 Å². The van der Waals surface area contributed by atoms with E-state index in [-0.39, 0.29) is 5.78 Å². The molecule has 0 spiro atoms. The molecule has 0 aromatic rings. The zero-order valence-electron chi connectivity index (χ0n) is 17.1. The SMILES string of the molecule is CC(=O)CC/C=C(\C)CC/C=C(\C)CC/C=C(\C)CCCC(C)C. The summed E-state index contributed by atoms with van der Waals surface area (Å²) in [7, 11) is 0. The Bertz CT molecular complexity index is 435. The van der Waals surface area contributed by atoms with Crippen molar-refractivity contribution in [2.45, 2.75) is 99.3 Å². The van der Waals surface area contributed by atoms with Gasteiger partial charge in [0.2, 0.25) is 0 Å². The van der Waals surface area contributed by atoms with Crippen molar-refractivity contribution < 1.29 is 4.79 Å². The number of hydrogen-bond acceptors (Lipinski definition) is 1. The molecule has 0 aromatic carbocycles. The normalized spacial score (nSPS) is 13.7. The van der Waals surface area contributed by atoms with Crippen molar-refractivity contribution in [3.05, 3.63) is 34.9 Å². The Morgan fingerprint density at radius 2 is 1.12 bits per heavy atom. The number of carbonyl (C=O) groups is 1. The molecule has 0 N–H and O–H groups in total. The Hall–Kier alpha value is -1.11. The topological polar surface area (TPSA) is 17.1 Å². The van der Waals surface area contributed by atoms with Crippen LogP contribution < -0.4 is 0 Å². The number of Topliss-reactive ketones (excluding diaryl/α,β-unsaturated/α-hetero) is 1. The maximum atomic E-state index is 10.9. The first-order valence-electron chi connectivity index (χ1n) is 9.77. The summed E-state index contributed by atoms with van der Waals surface area (Å²) in [5, 5.41) is 0. The molecule has 0 atom stereocenters. The van der Waals surface area contributed by atoms with Gasteiger partial charge in [-0.1, -0.05) is 55.2 Å². The molecular formula is C23H40O. The maximum absolute atomic E-state index is 10.9. The van der Waals surface area contributed by atoms with E-state index in [1.54, 1.807) is 12.5 Å². The molecule has 138 valence electrons. The van der Waals surface area contributed by atoms with Crippen molar-refractivity contribution in [1.29, 1.82) is 0 Å². The fourth-order valence-electron chi connectivity index (χ4n) is 2.71. The van der Waals surface area contributed by atoms with Gasteiger partial charge >= 0.3 is 0 Å². The van der Waals surface area contributed by atoms with Gasteiger partial charge in [-0.2, -0.15) is 0 Å². The summed E-state index contributed by atoms with van der Waals surface area (Å²) in [6.45, 7) is 13.0. The molecule has 1 nitrogen and oxygen atoms in total. The van der Waals surface area contributed by atoms with Crippen LogP contribution in [0.4, 0.5) is 0 Å². The van der Waals surface area contributed by atoms with E-state index in [1.807, 2.05) is 0 Å². The van der Waals surface area contributed by atoms with E-state index < -0.39 is 0 Å². The lowest BCUT2D eigenvalue weighted by Gasteiger charge is -2.05. The molecule has 0 rings (SSSR count). The van der Waals surface area contributed by atoms with Crippen LogP contribution in [0.3, 0.4) is 0 Å². The van der Waals surface area contributed by atoms with Gasteiger partial charge in [-0.15, -0.1) is 0 Å². The molecule has 0 aliphatic rings. The Labute approximate surface area is 151 Å². The van der Waals surface area contributed by atoms with Crippen LogP contribution in [0.5, 0.6) is 0 Å². The minimum atomic E-state index is 0.280. The van der Waals surface area contributed by atoms with E-state index >= 15 is 0 Å². The van der Waals surface area contributed by atoms with Gasteiger partial charge < -0.3 is 4.79 Å². The second-order valence-electron chi connectivity index (χ2n) is 7.76. The van der Waals surface area contributed by atoms with E-state index in [4.69, 9.17) is 0 Å². The monoisotopic (exact) mass is 332 g/mol. The largest absolute Gasteiger partial charge is 0.300 e. The molecule has 0 unspecified atom stereocenters. The van der Waals surface area contributed by atoms with Crippen molar-refractivity contribution in [2.24, 2.45) is 5.92 Å². The maximum Gasteiger partial charge on any atom is 0.130 e. The second-order valence-corrected chi connectivity index (χ2v) is 7.76. The second kappa shape index (κ2) is 14.3. The lowest BCUT2D eigenvalue weighted by molar-refractivity contribution is -0.116. The van der Waals surface area contributed by atoms with Crippen LogP contribution in [0, 0.1) is 5.92 Å². The Morgan fingerprint density at radius 1 is 0.708 bits per heavy atom. The van der Waals surface area contributed by atoms with Gasteiger partial charge in [0.1, 0.15) is 5.78 Å². The molecule has 1 heteroatoms. The molecule has 24 heavy (non-hydrogen) atoms. The number of allylic oxidation sites excluding steroid dienone is 6. The minimum absolute atomic E-state index is 0.280. The van der Waals surface area contributed by atoms with E-state index in [2.05, 4.69) is 52.8 Å². The van der Waals surface area contributed by atoms with Crippen LogP contribution in [0.2, 0.25) is 0 Å². The van der Waals surface area contributed by atoms with Crippen LogP contribution in [0.1, 0.15) is 99.3 Å². The first kappa shape index (κ1) is 22.9. The fourth-order valence-corrected chi connectivity index (χ4v) is 2.71. The average molecular weight is 333 g/mol. The van der Waals surface area contributed by atoms with Gasteiger partial charge in [-0.3, -0.25) is 0 Å². The molecule has 0 saturated heterocycles. The van der Waals surface area contributed by atoms with E-state index in [9.17, 15) is 4.79 Å². The number of ketones is 1. The van der Waals surface area contributed by atoms with Gasteiger partial charge in [0, 0.05) is 6.42 Å². The molecular weight excluding hydrogens is 292 g/mol. The summed E-state index contributed by atoms with van der Waals surface area (Å²) in [5.41, 5.74) is 4.45. The summed E-state index contributed by atoms with van der Waals surface area (Å²) in [5.74, 6) is 1.10. The standard InChI is InChI=1S/C23H40O/c1-19(2)11-7-12-20(3)13-8-14-21(4)15-9-16-22(5)17-10-18-23(6)24/h13,15,17,19H,7-12,14,16,18H2,1-6H3/b20-13+,21-15+,22-17+. The van der Waals surface area contributed by atoms with E-state index in [0.29, 0.717) is 6.42 Å². The highest BCUT2D eigenvalue weighted by atomic mass is 16.1. The first-order valence-corrected chi connectivity index (χ1v) is 9.77. The van der Waals surface area contributed by atoms with Gasteiger partial charge in [0.15, 0.2) is 0 Å². The van der Waals surface area contributed by atoms with Crippen molar-refractivity contribution >= 4 is 5.78 Å². The zero-order chi connectivity index (χ0) is 18.4. The molecule has 0 radical (unpaired) electrons. The summed E-state index contributed by atoms with van der Waals surface area (Å²) < 4.78 is 0. The lowest BCUT2D eigenvalue weighted by Crippen LogP contribution is -1.88. The van der Waals surface area contributed by atoms with Gasteiger partial charge in [-0.25, -0.2) is 0 Å². The third-order valence-electron chi connectivity index (χ3n) is 4.40. The molecule has 0 fully saturated rings. The summed E-state index contributed by atoms with van der Waals surface area (Å²) in [6.07, 6.45) is 17.1. The van der Waals surface area contributed by atoms with Crippen LogP contribution in [0.25, 0.3) is 0 Å². The third kappa shape index (κ3) is 15.8. The van der Waals surface area contributed by atoms with Crippen molar-refractivity contribution in [3.8, 4) is 0 Å². The molecule has 0 amide bonds. The molecule has 0 heterocycles. The molecule has 0 aliphatic carbocycles. The van der Waals surface area contributed by atoms with Gasteiger partial charge in [-0.05, 0) is 78.6 Å². The Kier molecular flexibility index (Phi) is 13.6. The number of carbonyl (C=O) groups excluding carboxylic acids is 1. The Morgan fingerprint density at radius 3 is 1.54 bits per heavy atom. The van der Waals surface area contributed by atoms with Crippen molar-refractivity contribution in [3.63, 3.8) is 0 Å². The quantitative estimate of drug-likeness (QED) is 0.318. The van der Waals surface area contributed by atoms with Crippen LogP contribution in [-0.4, -0.2) is 5.78 Å². The smallest absolute Gasteiger partial charge is 0.130 e. The zero-order valence-corrected chi connectivity index (χ0v) is 17.1. The van der Waals surface area contributed by atoms with Crippen molar-refractivity contribution in [2.75, 3.05) is 0 Å². The highest BCUT2D eigenvalue weighted by Gasteiger charge is 1.96. The predicted molar refractivity (Wildman–Crippen MR) is 108 cm³/mol.